The number of carbonyl (C=O) groups is 2. The van der Waals surface area contributed by atoms with Crippen LogP contribution in [0.15, 0.2) is 30.5 Å². The third-order valence-corrected chi connectivity index (χ3v) is 4.68. The molecule has 21 heavy (non-hydrogen) atoms. The summed E-state index contributed by atoms with van der Waals surface area (Å²) in [5.41, 5.74) is 6.15. The molecule has 0 spiro atoms. The van der Waals surface area contributed by atoms with Gasteiger partial charge < -0.3 is 11.1 Å². The molecule has 108 valence electrons. The molecule has 2 unspecified atom stereocenters. The second-order valence-electron chi connectivity index (χ2n) is 4.85. The largest absolute Gasteiger partial charge is 0.365 e. The van der Waals surface area contributed by atoms with Gasteiger partial charge in [-0.2, -0.15) is 0 Å². The summed E-state index contributed by atoms with van der Waals surface area (Å²) in [6, 6.07) is 7.54. The Labute approximate surface area is 130 Å². The van der Waals surface area contributed by atoms with Crippen molar-refractivity contribution in [2.75, 3.05) is 5.32 Å². The van der Waals surface area contributed by atoms with Crippen LogP contribution >= 0.6 is 22.9 Å². The van der Waals surface area contributed by atoms with Gasteiger partial charge in [0.25, 0.3) is 5.91 Å². The average molecular weight is 322 g/mol. The topological polar surface area (TPSA) is 85.1 Å². The molecule has 0 aliphatic heterocycles. The Morgan fingerprint density at radius 2 is 2.14 bits per heavy atom. The normalized spacial score (nSPS) is 20.0. The van der Waals surface area contributed by atoms with Gasteiger partial charge in [0.1, 0.15) is 4.88 Å². The molecule has 1 aromatic carbocycles. The van der Waals surface area contributed by atoms with Crippen molar-refractivity contribution in [3.05, 3.63) is 45.9 Å². The van der Waals surface area contributed by atoms with Crippen molar-refractivity contribution in [2.24, 2.45) is 11.7 Å². The van der Waals surface area contributed by atoms with Crippen LogP contribution in [0.1, 0.15) is 27.6 Å². The summed E-state index contributed by atoms with van der Waals surface area (Å²) in [7, 11) is 0. The van der Waals surface area contributed by atoms with E-state index in [9.17, 15) is 9.59 Å². The van der Waals surface area contributed by atoms with E-state index in [0.29, 0.717) is 15.0 Å². The number of thiazole rings is 1. The van der Waals surface area contributed by atoms with Gasteiger partial charge in [0.15, 0.2) is 5.13 Å². The van der Waals surface area contributed by atoms with Gasteiger partial charge in [0.2, 0.25) is 5.91 Å². The van der Waals surface area contributed by atoms with E-state index in [4.69, 9.17) is 17.3 Å². The highest BCUT2D eigenvalue weighted by Crippen LogP contribution is 2.50. The molecular weight excluding hydrogens is 310 g/mol. The summed E-state index contributed by atoms with van der Waals surface area (Å²) >= 11 is 7.21. The maximum Gasteiger partial charge on any atom is 0.260 e. The fourth-order valence-electron chi connectivity index (χ4n) is 2.25. The van der Waals surface area contributed by atoms with Crippen LogP contribution in [0.3, 0.4) is 0 Å². The molecule has 2 aromatic rings. The van der Waals surface area contributed by atoms with Crippen LogP contribution in [-0.4, -0.2) is 16.8 Å². The monoisotopic (exact) mass is 321 g/mol. The molecule has 1 aromatic heterocycles. The first-order chi connectivity index (χ1) is 10.1. The molecule has 3 N–H and O–H groups in total. The molecule has 0 radical (unpaired) electrons. The van der Waals surface area contributed by atoms with E-state index in [2.05, 4.69) is 10.3 Å². The van der Waals surface area contributed by atoms with E-state index < -0.39 is 5.91 Å². The molecule has 1 aliphatic carbocycles. The number of nitrogens with zero attached hydrogens (tertiary/aromatic N) is 1. The number of rotatable bonds is 4. The van der Waals surface area contributed by atoms with Crippen molar-refractivity contribution in [3.63, 3.8) is 0 Å². The zero-order valence-electron chi connectivity index (χ0n) is 10.9. The number of aromatic nitrogens is 1. The number of amides is 2. The zero-order valence-corrected chi connectivity index (χ0v) is 12.4. The quantitative estimate of drug-likeness (QED) is 0.907. The molecule has 1 aliphatic rings. The minimum absolute atomic E-state index is 0.106. The summed E-state index contributed by atoms with van der Waals surface area (Å²) in [4.78, 5) is 27.4. The summed E-state index contributed by atoms with van der Waals surface area (Å²) in [6.45, 7) is 0. The smallest absolute Gasteiger partial charge is 0.260 e. The number of carbonyl (C=O) groups excluding carboxylic acids is 2. The van der Waals surface area contributed by atoms with E-state index in [1.807, 2.05) is 24.3 Å². The highest BCUT2D eigenvalue weighted by Gasteiger charge is 2.45. The van der Waals surface area contributed by atoms with Gasteiger partial charge in [-0.3, -0.25) is 9.59 Å². The lowest BCUT2D eigenvalue weighted by atomic mass is 10.1. The molecule has 2 amide bonds. The molecule has 0 saturated heterocycles. The lowest BCUT2D eigenvalue weighted by molar-refractivity contribution is -0.117. The number of hydrogen-bond acceptors (Lipinski definition) is 4. The van der Waals surface area contributed by atoms with Crippen molar-refractivity contribution in [2.45, 2.75) is 12.3 Å². The Balaban J connectivity index is 1.65. The number of halogens is 1. The van der Waals surface area contributed by atoms with Crippen molar-refractivity contribution in [3.8, 4) is 0 Å². The lowest BCUT2D eigenvalue weighted by Crippen LogP contribution is -2.14. The molecule has 2 atom stereocenters. The fraction of sp³-hybridized carbons (Fsp3) is 0.214. The van der Waals surface area contributed by atoms with Gasteiger partial charge in [0, 0.05) is 10.9 Å². The maximum absolute atomic E-state index is 12.1. The number of benzene rings is 1. The molecule has 1 heterocycles. The molecule has 1 fully saturated rings. The Morgan fingerprint density at radius 1 is 1.38 bits per heavy atom. The number of nitrogens with one attached hydrogen (secondary N) is 1. The first-order valence-electron chi connectivity index (χ1n) is 6.37. The van der Waals surface area contributed by atoms with Gasteiger partial charge in [-0.15, -0.1) is 0 Å². The summed E-state index contributed by atoms with van der Waals surface area (Å²) in [5, 5.41) is 3.79. The van der Waals surface area contributed by atoms with E-state index in [1.165, 1.54) is 6.20 Å². The van der Waals surface area contributed by atoms with Crippen molar-refractivity contribution in [1.82, 2.24) is 4.98 Å². The van der Waals surface area contributed by atoms with Gasteiger partial charge in [0.05, 0.1) is 6.20 Å². The number of hydrogen-bond donors (Lipinski definition) is 2. The minimum Gasteiger partial charge on any atom is -0.365 e. The number of anilines is 1. The predicted octanol–water partition coefficient (Wildman–Crippen LogP) is 2.64. The van der Waals surface area contributed by atoms with Crippen LogP contribution in [0.5, 0.6) is 0 Å². The Hall–Kier alpha value is -1.92. The average Bonchev–Trinajstić information content (AvgIpc) is 3.11. The summed E-state index contributed by atoms with van der Waals surface area (Å²) < 4.78 is 0. The van der Waals surface area contributed by atoms with Crippen LogP contribution in [0, 0.1) is 5.92 Å². The van der Waals surface area contributed by atoms with Crippen LogP contribution < -0.4 is 11.1 Å². The van der Waals surface area contributed by atoms with Crippen molar-refractivity contribution < 1.29 is 9.59 Å². The number of nitrogens with two attached hydrogens (primary N) is 1. The first-order valence-corrected chi connectivity index (χ1v) is 7.56. The van der Waals surface area contributed by atoms with Gasteiger partial charge in [-0.25, -0.2) is 4.98 Å². The molecule has 3 rings (SSSR count). The minimum atomic E-state index is -0.548. The molecule has 1 saturated carbocycles. The van der Waals surface area contributed by atoms with Crippen LogP contribution in [0.4, 0.5) is 5.13 Å². The molecule has 7 heteroatoms. The van der Waals surface area contributed by atoms with Crippen molar-refractivity contribution >= 4 is 39.9 Å². The Bertz CT molecular complexity index is 716. The lowest BCUT2D eigenvalue weighted by Gasteiger charge is -2.03. The zero-order chi connectivity index (χ0) is 15.0. The second kappa shape index (κ2) is 5.46. The van der Waals surface area contributed by atoms with Crippen LogP contribution in [0.25, 0.3) is 0 Å². The second-order valence-corrected chi connectivity index (χ2v) is 6.29. The summed E-state index contributed by atoms with van der Waals surface area (Å²) in [6.07, 6.45) is 2.13. The summed E-state index contributed by atoms with van der Waals surface area (Å²) in [5.74, 6) is -0.612. The molecule has 5 nitrogen and oxygen atoms in total. The maximum atomic E-state index is 12.1. The highest BCUT2D eigenvalue weighted by molar-refractivity contribution is 7.17. The standard InChI is InChI=1S/C14H12ClN3O2S/c15-10-4-2-1-3-7(10)8-5-9(8)13(20)18-14-17-6-11(21-14)12(16)19/h1-4,6,8-9H,5H2,(H2,16,19)(H,17,18,20). The van der Waals surface area contributed by atoms with E-state index >= 15 is 0 Å². The predicted molar refractivity (Wildman–Crippen MR) is 81.6 cm³/mol. The third-order valence-electron chi connectivity index (χ3n) is 3.41. The Kier molecular flexibility index (Phi) is 3.65. The molecule has 0 bridgehead atoms. The fourth-order valence-corrected chi connectivity index (χ4v) is 3.20. The van der Waals surface area contributed by atoms with Gasteiger partial charge in [-0.1, -0.05) is 41.1 Å². The molecular formula is C14H12ClN3O2S. The van der Waals surface area contributed by atoms with E-state index in [-0.39, 0.29) is 17.7 Å². The highest BCUT2D eigenvalue weighted by atomic mass is 35.5. The Morgan fingerprint density at radius 3 is 2.81 bits per heavy atom. The van der Waals surface area contributed by atoms with E-state index in [0.717, 1.165) is 23.3 Å². The third kappa shape index (κ3) is 2.91. The first kappa shape index (κ1) is 14.0. The number of primary amides is 1. The van der Waals surface area contributed by atoms with Gasteiger partial charge in [-0.05, 0) is 24.0 Å². The van der Waals surface area contributed by atoms with Crippen molar-refractivity contribution in [1.29, 1.82) is 0 Å². The SMILES string of the molecule is NC(=O)c1cnc(NC(=O)C2CC2c2ccccc2Cl)s1. The van der Waals surface area contributed by atoms with Crippen LogP contribution in [-0.2, 0) is 4.79 Å². The van der Waals surface area contributed by atoms with Gasteiger partial charge >= 0.3 is 0 Å². The van der Waals surface area contributed by atoms with E-state index in [1.54, 1.807) is 0 Å². The van der Waals surface area contributed by atoms with Crippen LogP contribution in [0.2, 0.25) is 5.02 Å².